The van der Waals surface area contributed by atoms with Gasteiger partial charge in [0.15, 0.2) is 17.3 Å². The number of rotatable bonds is 10. The van der Waals surface area contributed by atoms with Gasteiger partial charge in [-0.3, -0.25) is 23.9 Å². The van der Waals surface area contributed by atoms with E-state index in [2.05, 4.69) is 25.6 Å². The molecule has 0 saturated carbocycles. The zero-order valence-corrected chi connectivity index (χ0v) is 20.7. The second kappa shape index (κ2) is 11.9. The van der Waals surface area contributed by atoms with Gasteiger partial charge >= 0.3 is 0 Å². The van der Waals surface area contributed by atoms with Crippen molar-refractivity contribution in [2.45, 2.75) is 26.3 Å². The van der Waals surface area contributed by atoms with Crippen LogP contribution >= 0.6 is 0 Å². The normalized spacial score (nSPS) is 12.9. The van der Waals surface area contributed by atoms with Gasteiger partial charge in [-0.1, -0.05) is 6.08 Å². The molecule has 0 spiro atoms. The van der Waals surface area contributed by atoms with Gasteiger partial charge in [0, 0.05) is 43.7 Å². The molecule has 0 bridgehead atoms. The Morgan fingerprint density at radius 3 is 2.86 bits per heavy atom. The van der Waals surface area contributed by atoms with Crippen LogP contribution in [0.4, 0.5) is 5.82 Å². The SMILES string of the molecule is CC=CC(=O)CCC(=O)NCCOc1ccc2c3n(c(=NC(=O)c4cccnc4)nc2c1OC)CCN3. The molecule has 2 amide bonds. The first kappa shape index (κ1) is 25.5. The van der Waals surface area contributed by atoms with Gasteiger partial charge in [0.05, 0.1) is 19.2 Å². The number of carbonyl (C=O) groups is 3. The summed E-state index contributed by atoms with van der Waals surface area (Å²) < 4.78 is 13.4. The van der Waals surface area contributed by atoms with Crippen molar-refractivity contribution >= 4 is 34.3 Å². The largest absolute Gasteiger partial charge is 0.491 e. The molecule has 3 heterocycles. The summed E-state index contributed by atoms with van der Waals surface area (Å²) in [6.07, 6.45) is 6.43. The van der Waals surface area contributed by atoms with Crippen LogP contribution < -0.4 is 25.7 Å². The van der Waals surface area contributed by atoms with E-state index in [9.17, 15) is 14.4 Å². The van der Waals surface area contributed by atoms with E-state index in [1.807, 2.05) is 10.6 Å². The second-order valence-corrected chi connectivity index (χ2v) is 8.16. The quantitative estimate of drug-likeness (QED) is 0.316. The molecule has 37 heavy (non-hydrogen) atoms. The minimum atomic E-state index is -0.448. The molecule has 2 aromatic heterocycles. The van der Waals surface area contributed by atoms with Crippen molar-refractivity contribution in [3.05, 3.63) is 60.0 Å². The summed E-state index contributed by atoms with van der Waals surface area (Å²) in [5, 5.41) is 6.86. The molecular weight excluding hydrogens is 476 g/mol. The molecule has 1 aliphatic heterocycles. The number of hydrogen-bond donors (Lipinski definition) is 2. The van der Waals surface area contributed by atoms with Gasteiger partial charge in [-0.2, -0.15) is 4.99 Å². The molecule has 2 N–H and O–H groups in total. The van der Waals surface area contributed by atoms with Crippen molar-refractivity contribution in [3.8, 4) is 11.5 Å². The van der Waals surface area contributed by atoms with Gasteiger partial charge in [0.25, 0.3) is 5.91 Å². The predicted octanol–water partition coefficient (Wildman–Crippen LogP) is 2.03. The summed E-state index contributed by atoms with van der Waals surface area (Å²) in [5.74, 6) is 0.852. The van der Waals surface area contributed by atoms with Gasteiger partial charge in [-0.25, -0.2) is 4.98 Å². The van der Waals surface area contributed by atoms with Crippen LogP contribution in [0.5, 0.6) is 11.5 Å². The van der Waals surface area contributed by atoms with E-state index in [0.717, 1.165) is 11.2 Å². The van der Waals surface area contributed by atoms with E-state index < -0.39 is 5.91 Å². The van der Waals surface area contributed by atoms with Gasteiger partial charge in [0.2, 0.25) is 11.5 Å². The Kier molecular flexibility index (Phi) is 8.24. The second-order valence-electron chi connectivity index (χ2n) is 8.16. The zero-order valence-electron chi connectivity index (χ0n) is 20.7. The predicted molar refractivity (Wildman–Crippen MR) is 136 cm³/mol. The summed E-state index contributed by atoms with van der Waals surface area (Å²) in [6, 6.07) is 6.96. The number of benzene rings is 1. The third-order valence-corrected chi connectivity index (χ3v) is 5.65. The van der Waals surface area contributed by atoms with E-state index in [0.29, 0.717) is 35.7 Å². The first-order chi connectivity index (χ1) is 18.0. The fraction of sp³-hybridized carbons (Fsp3) is 0.308. The lowest BCUT2D eigenvalue weighted by Gasteiger charge is -2.15. The molecule has 3 aromatic rings. The van der Waals surface area contributed by atoms with Gasteiger partial charge in [-0.15, -0.1) is 0 Å². The highest BCUT2D eigenvalue weighted by Gasteiger charge is 2.21. The van der Waals surface area contributed by atoms with Crippen LogP contribution in [0.2, 0.25) is 0 Å². The average Bonchev–Trinajstić information content (AvgIpc) is 3.41. The molecule has 192 valence electrons. The maximum absolute atomic E-state index is 12.7. The van der Waals surface area contributed by atoms with Crippen LogP contribution in [0.25, 0.3) is 10.9 Å². The molecule has 0 aliphatic carbocycles. The van der Waals surface area contributed by atoms with E-state index in [1.54, 1.807) is 37.4 Å². The number of pyridine rings is 1. The lowest BCUT2D eigenvalue weighted by atomic mass is 10.2. The molecule has 0 fully saturated rings. The van der Waals surface area contributed by atoms with Crippen LogP contribution in [0.1, 0.15) is 30.1 Å². The number of ketones is 1. The molecule has 0 atom stereocenters. The Hall–Kier alpha value is -4.54. The number of aromatic nitrogens is 3. The zero-order chi connectivity index (χ0) is 26.2. The number of nitrogens with zero attached hydrogens (tertiary/aromatic N) is 4. The Labute approximate surface area is 213 Å². The number of hydrogen-bond acceptors (Lipinski definition) is 8. The summed E-state index contributed by atoms with van der Waals surface area (Å²) in [7, 11) is 1.51. The van der Waals surface area contributed by atoms with E-state index >= 15 is 0 Å². The summed E-state index contributed by atoms with van der Waals surface area (Å²) in [4.78, 5) is 49.1. The standard InChI is InChI=1S/C26H28N6O5/c1-3-5-18(33)7-10-21(34)28-13-15-37-20-9-8-19-22(23(20)36-2)30-26(32-14-12-29-24(19)32)31-25(35)17-6-4-11-27-16-17/h3-6,8-9,11,16,29H,7,10,12-15H2,1-2H3,(H,28,34). The number of carbonyl (C=O) groups excluding carboxylic acids is 3. The van der Waals surface area contributed by atoms with Crippen LogP contribution in [0.15, 0.2) is 53.8 Å². The first-order valence-corrected chi connectivity index (χ1v) is 11.9. The van der Waals surface area contributed by atoms with E-state index in [1.165, 1.54) is 19.4 Å². The molecule has 1 aromatic carbocycles. The van der Waals surface area contributed by atoms with Gasteiger partial charge < -0.3 is 20.1 Å². The van der Waals surface area contributed by atoms with Gasteiger partial charge in [0.1, 0.15) is 17.9 Å². The number of ether oxygens (including phenoxy) is 2. The number of methoxy groups -OCH3 is 1. The molecule has 0 unspecified atom stereocenters. The maximum atomic E-state index is 12.7. The smallest absolute Gasteiger partial charge is 0.281 e. The third-order valence-electron chi connectivity index (χ3n) is 5.65. The summed E-state index contributed by atoms with van der Waals surface area (Å²) in [6.45, 7) is 3.48. The summed E-state index contributed by atoms with van der Waals surface area (Å²) in [5.41, 5.74) is 1.10. The Morgan fingerprint density at radius 2 is 2.11 bits per heavy atom. The maximum Gasteiger partial charge on any atom is 0.281 e. The lowest BCUT2D eigenvalue weighted by molar-refractivity contribution is -0.123. The minimum absolute atomic E-state index is 0.0883. The molecule has 0 saturated heterocycles. The molecular formula is C26H28N6O5. The number of nitrogens with one attached hydrogen (secondary N) is 2. The van der Waals surface area contributed by atoms with Gasteiger partial charge in [-0.05, 0) is 37.3 Å². The number of anilines is 1. The highest BCUT2D eigenvalue weighted by atomic mass is 16.5. The number of amides is 2. The van der Waals surface area contributed by atoms with Crippen molar-refractivity contribution in [3.63, 3.8) is 0 Å². The topological polar surface area (TPSA) is 137 Å². The van der Waals surface area contributed by atoms with Crippen molar-refractivity contribution in [1.29, 1.82) is 0 Å². The van der Waals surface area contributed by atoms with Crippen LogP contribution in [-0.2, 0) is 16.1 Å². The third kappa shape index (κ3) is 6.00. The Bertz CT molecular complexity index is 1410. The fourth-order valence-electron chi connectivity index (χ4n) is 3.94. The van der Waals surface area contributed by atoms with Crippen LogP contribution in [0, 0.1) is 0 Å². The minimum Gasteiger partial charge on any atom is -0.491 e. The van der Waals surface area contributed by atoms with E-state index in [4.69, 9.17) is 9.47 Å². The number of fused-ring (bicyclic) bond motifs is 3. The van der Waals surface area contributed by atoms with Crippen molar-refractivity contribution in [2.24, 2.45) is 4.99 Å². The van der Waals surface area contributed by atoms with Crippen molar-refractivity contribution in [2.75, 3.05) is 32.1 Å². The first-order valence-electron chi connectivity index (χ1n) is 11.9. The molecule has 0 radical (unpaired) electrons. The highest BCUT2D eigenvalue weighted by Crippen LogP contribution is 2.37. The van der Waals surface area contributed by atoms with Crippen LogP contribution in [0.3, 0.4) is 0 Å². The Morgan fingerprint density at radius 1 is 1.24 bits per heavy atom. The Balaban J connectivity index is 1.54. The molecule has 1 aliphatic rings. The summed E-state index contributed by atoms with van der Waals surface area (Å²) >= 11 is 0. The molecule has 11 nitrogen and oxygen atoms in total. The lowest BCUT2D eigenvalue weighted by Crippen LogP contribution is -2.28. The van der Waals surface area contributed by atoms with Crippen molar-refractivity contribution < 1.29 is 23.9 Å². The fourth-order valence-corrected chi connectivity index (χ4v) is 3.94. The average molecular weight is 505 g/mol. The van der Waals surface area contributed by atoms with Crippen LogP contribution in [-0.4, -0.2) is 58.9 Å². The highest BCUT2D eigenvalue weighted by molar-refractivity contribution is 5.96. The number of allylic oxidation sites excluding steroid dienone is 2. The molecule has 4 rings (SSSR count). The molecule has 11 heteroatoms. The monoisotopic (exact) mass is 504 g/mol. The van der Waals surface area contributed by atoms with Crippen molar-refractivity contribution in [1.82, 2.24) is 19.9 Å². The van der Waals surface area contributed by atoms with E-state index in [-0.39, 0.29) is 43.3 Å².